The average molecular weight is 308 g/mol. The molecule has 1 aromatic rings. The van der Waals surface area contributed by atoms with Crippen molar-refractivity contribution in [3.05, 3.63) is 28.8 Å². The van der Waals surface area contributed by atoms with Crippen LogP contribution in [0.3, 0.4) is 0 Å². The molecule has 0 bridgehead atoms. The maximum atomic E-state index is 12.2. The van der Waals surface area contributed by atoms with Crippen molar-refractivity contribution in [1.29, 1.82) is 5.26 Å². The summed E-state index contributed by atoms with van der Waals surface area (Å²) in [7, 11) is 1.18. The van der Waals surface area contributed by atoms with Gasteiger partial charge in [-0.15, -0.1) is 24.8 Å². The largest absolute Gasteiger partial charge is 0.573 e. The molecule has 0 N–H and O–H groups in total. The summed E-state index contributed by atoms with van der Waals surface area (Å²) in [5.41, 5.74) is 0.0815. The average Bonchev–Trinajstić information content (AvgIpc) is 2.37. The second-order valence-electron chi connectivity index (χ2n) is 3.62. The Hall–Kier alpha value is -1.94. The molecule has 0 amide bonds. The third kappa shape index (κ3) is 4.03. The Morgan fingerprint density at radius 1 is 1.45 bits per heavy atom. The summed E-state index contributed by atoms with van der Waals surface area (Å²) < 4.78 is 44.9. The summed E-state index contributed by atoms with van der Waals surface area (Å²) in [6.45, 7) is 0. The van der Waals surface area contributed by atoms with Gasteiger partial charge in [-0.25, -0.2) is 0 Å². The van der Waals surface area contributed by atoms with Gasteiger partial charge in [-0.3, -0.25) is 4.79 Å². The number of nitrogens with zero attached hydrogens (tertiary/aromatic N) is 1. The first-order valence-corrected chi connectivity index (χ1v) is 5.79. The summed E-state index contributed by atoms with van der Waals surface area (Å²) in [4.78, 5) is 11.2. The van der Waals surface area contributed by atoms with Crippen LogP contribution in [-0.2, 0) is 21.8 Å². The number of hydrogen-bond acceptors (Lipinski definition) is 4. The highest BCUT2D eigenvalue weighted by Crippen LogP contribution is 2.31. The van der Waals surface area contributed by atoms with Gasteiger partial charge in [0.2, 0.25) is 0 Å². The highest BCUT2D eigenvalue weighted by molar-refractivity contribution is 6.17. The number of ether oxygens (including phenoxy) is 2. The van der Waals surface area contributed by atoms with Crippen LogP contribution in [0, 0.1) is 11.3 Å². The van der Waals surface area contributed by atoms with Crippen LogP contribution in [-0.4, -0.2) is 19.4 Å². The van der Waals surface area contributed by atoms with E-state index in [4.69, 9.17) is 16.9 Å². The van der Waals surface area contributed by atoms with Gasteiger partial charge in [-0.2, -0.15) is 5.26 Å². The molecular weight excluding hydrogens is 299 g/mol. The molecular formula is C12H9ClF3NO3. The van der Waals surface area contributed by atoms with Crippen molar-refractivity contribution in [3.63, 3.8) is 0 Å². The predicted octanol–water partition coefficient (Wildman–Crippen LogP) is 2.91. The third-order valence-electron chi connectivity index (χ3n) is 2.41. The van der Waals surface area contributed by atoms with Crippen LogP contribution in [0.2, 0.25) is 0 Å². The second-order valence-corrected chi connectivity index (χ2v) is 3.89. The van der Waals surface area contributed by atoms with Gasteiger partial charge in [0.15, 0.2) is 0 Å². The number of carbonyl (C=O) groups excluding carboxylic acids is 1. The van der Waals surface area contributed by atoms with Crippen LogP contribution in [0.4, 0.5) is 13.2 Å². The van der Waals surface area contributed by atoms with Crippen LogP contribution in [0.25, 0.3) is 0 Å². The number of benzene rings is 1. The van der Waals surface area contributed by atoms with Crippen LogP contribution >= 0.6 is 11.6 Å². The molecule has 8 heteroatoms. The molecule has 0 atom stereocenters. The maximum Gasteiger partial charge on any atom is 0.573 e. The molecule has 0 spiro atoms. The van der Waals surface area contributed by atoms with Crippen LogP contribution in [0.5, 0.6) is 5.75 Å². The number of rotatable bonds is 4. The van der Waals surface area contributed by atoms with Crippen molar-refractivity contribution in [2.45, 2.75) is 18.7 Å². The van der Waals surface area contributed by atoms with E-state index in [9.17, 15) is 18.0 Å². The van der Waals surface area contributed by atoms with E-state index in [1.54, 1.807) is 6.07 Å². The van der Waals surface area contributed by atoms with Crippen molar-refractivity contribution in [1.82, 2.24) is 0 Å². The Bertz CT molecular complexity index is 552. The minimum Gasteiger partial charge on any atom is -0.469 e. The third-order valence-corrected chi connectivity index (χ3v) is 2.67. The van der Waals surface area contributed by atoms with Gasteiger partial charge in [0.1, 0.15) is 11.8 Å². The van der Waals surface area contributed by atoms with E-state index in [1.807, 2.05) is 0 Å². The number of halogens is 4. The lowest BCUT2D eigenvalue weighted by atomic mass is 9.99. The minimum absolute atomic E-state index is 0.112. The summed E-state index contributed by atoms with van der Waals surface area (Å²) >= 11 is 5.65. The first-order valence-electron chi connectivity index (χ1n) is 5.25. The van der Waals surface area contributed by atoms with Gasteiger partial charge in [0.25, 0.3) is 0 Å². The molecule has 0 aromatic heterocycles. The zero-order chi connectivity index (χ0) is 15.3. The van der Waals surface area contributed by atoms with Gasteiger partial charge >= 0.3 is 12.3 Å². The van der Waals surface area contributed by atoms with E-state index >= 15 is 0 Å². The number of carbonyl (C=O) groups is 1. The number of hydrogen-bond donors (Lipinski definition) is 0. The molecule has 1 rings (SSSR count). The Kier molecular flexibility index (Phi) is 5.22. The molecule has 0 saturated carbocycles. The van der Waals surface area contributed by atoms with Crippen molar-refractivity contribution >= 4 is 17.6 Å². The fraction of sp³-hybridized carbons (Fsp3) is 0.333. The molecule has 0 fully saturated rings. The second kappa shape index (κ2) is 6.48. The van der Waals surface area contributed by atoms with E-state index in [-0.39, 0.29) is 23.4 Å². The Labute approximate surface area is 117 Å². The molecule has 0 unspecified atom stereocenters. The first kappa shape index (κ1) is 16.1. The molecule has 0 heterocycles. The van der Waals surface area contributed by atoms with E-state index in [0.717, 1.165) is 6.07 Å². The van der Waals surface area contributed by atoms with Crippen molar-refractivity contribution in [3.8, 4) is 11.8 Å². The van der Waals surface area contributed by atoms with Gasteiger partial charge in [-0.05, 0) is 17.2 Å². The first-order chi connectivity index (χ1) is 9.32. The molecule has 20 heavy (non-hydrogen) atoms. The quantitative estimate of drug-likeness (QED) is 0.634. The minimum atomic E-state index is -4.92. The Morgan fingerprint density at radius 2 is 2.10 bits per heavy atom. The lowest BCUT2D eigenvalue weighted by Gasteiger charge is -2.14. The van der Waals surface area contributed by atoms with Crippen molar-refractivity contribution in [2.24, 2.45) is 0 Å². The van der Waals surface area contributed by atoms with E-state index in [0.29, 0.717) is 5.56 Å². The number of nitriles is 1. The van der Waals surface area contributed by atoms with E-state index in [2.05, 4.69) is 9.47 Å². The van der Waals surface area contributed by atoms with Gasteiger partial charge < -0.3 is 9.47 Å². The standard InChI is InChI=1S/C12H9ClF3NO3/c1-19-11(18)4-7-2-3-10(20-12(14,15)16)9(6-17)8(7)5-13/h2-3H,4-5H2,1H3. The molecule has 0 aliphatic carbocycles. The van der Waals surface area contributed by atoms with Crippen molar-refractivity contribution in [2.75, 3.05) is 7.11 Å². The van der Waals surface area contributed by atoms with Gasteiger partial charge in [-0.1, -0.05) is 6.07 Å². The molecule has 0 saturated heterocycles. The maximum absolute atomic E-state index is 12.2. The summed E-state index contributed by atoms with van der Waals surface area (Å²) in [5.74, 6) is -1.47. The molecule has 4 nitrogen and oxygen atoms in total. The van der Waals surface area contributed by atoms with Crippen LogP contribution in [0.15, 0.2) is 12.1 Å². The zero-order valence-corrected chi connectivity index (χ0v) is 11.0. The van der Waals surface area contributed by atoms with Crippen LogP contribution in [0.1, 0.15) is 16.7 Å². The molecule has 0 radical (unpaired) electrons. The lowest BCUT2D eigenvalue weighted by Crippen LogP contribution is -2.18. The highest BCUT2D eigenvalue weighted by atomic mass is 35.5. The fourth-order valence-corrected chi connectivity index (χ4v) is 1.85. The zero-order valence-electron chi connectivity index (χ0n) is 10.3. The number of methoxy groups -OCH3 is 1. The molecule has 0 aliphatic heterocycles. The fourth-order valence-electron chi connectivity index (χ4n) is 1.55. The monoisotopic (exact) mass is 307 g/mol. The van der Waals surface area contributed by atoms with Crippen molar-refractivity contribution < 1.29 is 27.4 Å². The lowest BCUT2D eigenvalue weighted by molar-refractivity contribution is -0.274. The normalized spacial score (nSPS) is 10.8. The summed E-state index contributed by atoms with van der Waals surface area (Å²) in [6.07, 6.45) is -5.11. The Morgan fingerprint density at radius 3 is 2.55 bits per heavy atom. The number of esters is 1. The van der Waals surface area contributed by atoms with E-state index in [1.165, 1.54) is 13.2 Å². The van der Waals surface area contributed by atoms with E-state index < -0.39 is 18.1 Å². The molecule has 1 aromatic carbocycles. The molecule has 108 valence electrons. The van der Waals surface area contributed by atoms with Crippen LogP contribution < -0.4 is 4.74 Å². The number of alkyl halides is 4. The highest BCUT2D eigenvalue weighted by Gasteiger charge is 2.33. The van der Waals surface area contributed by atoms with Gasteiger partial charge in [0.05, 0.1) is 19.1 Å². The Balaban J connectivity index is 3.27. The smallest absolute Gasteiger partial charge is 0.469 e. The topological polar surface area (TPSA) is 59.3 Å². The summed E-state index contributed by atoms with van der Waals surface area (Å²) in [5, 5.41) is 8.97. The summed E-state index contributed by atoms with van der Waals surface area (Å²) in [6, 6.07) is 3.83. The molecule has 0 aliphatic rings. The van der Waals surface area contributed by atoms with Gasteiger partial charge in [0, 0.05) is 5.88 Å². The predicted molar refractivity (Wildman–Crippen MR) is 63.1 cm³/mol. The SMILES string of the molecule is COC(=O)Cc1ccc(OC(F)(F)F)c(C#N)c1CCl.